The van der Waals surface area contributed by atoms with Gasteiger partial charge in [-0.25, -0.2) is 9.07 Å². The molecule has 21 heavy (non-hydrogen) atoms. The summed E-state index contributed by atoms with van der Waals surface area (Å²) in [4.78, 5) is 0. The van der Waals surface area contributed by atoms with Crippen molar-refractivity contribution in [1.82, 2.24) is 9.78 Å². The lowest BCUT2D eigenvalue weighted by Gasteiger charge is -2.06. The smallest absolute Gasteiger partial charge is 0.218 e. The molecule has 2 heterocycles. The second-order valence-corrected chi connectivity index (χ2v) is 4.65. The van der Waals surface area contributed by atoms with Gasteiger partial charge in [0.15, 0.2) is 6.20 Å². The third kappa shape index (κ3) is 2.15. The number of rotatable bonds is 1. The van der Waals surface area contributed by atoms with E-state index in [1.165, 1.54) is 6.20 Å². The minimum atomic E-state index is -0.807. The third-order valence-corrected chi connectivity index (χ3v) is 3.14. The molecule has 0 saturated carbocycles. The fourth-order valence-electron chi connectivity index (χ4n) is 2.01. The van der Waals surface area contributed by atoms with Crippen LogP contribution in [-0.4, -0.2) is 9.78 Å². The number of nitrogens with zero attached hydrogens (tertiary/aromatic N) is 4. The Labute approximate surface area is 121 Å². The van der Waals surface area contributed by atoms with Gasteiger partial charge in [0.25, 0.3) is 0 Å². The molecular weight excluding hydrogens is 302 g/mol. The predicted octanol–water partition coefficient (Wildman–Crippen LogP) is 2.46. The highest BCUT2D eigenvalue weighted by atomic mass is 35.5. The Morgan fingerprint density at radius 1 is 1.33 bits per heavy atom. The molecule has 0 spiro atoms. The van der Waals surface area contributed by atoms with Crippen LogP contribution in [0.15, 0.2) is 30.7 Å². The zero-order chi connectivity index (χ0) is 15.1. The quantitative estimate of drug-likeness (QED) is 0.512. The normalized spacial score (nSPS) is 10.8. The van der Waals surface area contributed by atoms with Gasteiger partial charge in [-0.3, -0.25) is 0 Å². The van der Waals surface area contributed by atoms with E-state index in [-0.39, 0.29) is 27.2 Å². The van der Waals surface area contributed by atoms with Crippen LogP contribution in [0.1, 0.15) is 5.56 Å². The molecule has 0 radical (unpaired) electrons. The number of nitriles is 1. The number of pyridine rings is 1. The molecule has 0 aliphatic heterocycles. The van der Waals surface area contributed by atoms with Crippen molar-refractivity contribution in [3.05, 3.63) is 58.2 Å². The van der Waals surface area contributed by atoms with Crippen LogP contribution in [-0.2, 0) is 0 Å². The highest BCUT2D eigenvalue weighted by molar-refractivity contribution is 6.32. The summed E-state index contributed by atoms with van der Waals surface area (Å²) in [5, 5.41) is 24.4. The van der Waals surface area contributed by atoms with Crippen LogP contribution in [0.4, 0.5) is 8.78 Å². The van der Waals surface area contributed by atoms with Crippen LogP contribution in [0.3, 0.4) is 0 Å². The SMILES string of the molecule is N#Cc1cc(F)cc(Cl)c1-n1cc2c[n+]([O-])cc(F)c2n1. The second-order valence-electron chi connectivity index (χ2n) is 4.24. The summed E-state index contributed by atoms with van der Waals surface area (Å²) in [7, 11) is 0. The van der Waals surface area contributed by atoms with Crippen molar-refractivity contribution in [2.45, 2.75) is 0 Å². The first-order valence-corrected chi connectivity index (χ1v) is 6.04. The fraction of sp³-hybridized carbons (Fsp3) is 0. The summed E-state index contributed by atoms with van der Waals surface area (Å²) in [6.45, 7) is 0. The third-order valence-electron chi connectivity index (χ3n) is 2.85. The maximum absolute atomic E-state index is 13.7. The van der Waals surface area contributed by atoms with Crippen molar-refractivity contribution in [2.24, 2.45) is 0 Å². The Morgan fingerprint density at radius 2 is 2.10 bits per heavy atom. The summed E-state index contributed by atoms with van der Waals surface area (Å²) < 4.78 is 28.4. The molecule has 0 aliphatic rings. The molecule has 3 aromatic rings. The zero-order valence-electron chi connectivity index (χ0n) is 10.2. The standard InChI is InChI=1S/C13H5ClF2N4O/c14-10-2-9(15)1-7(3-17)13(10)20-5-8-4-19(21)6-11(16)12(8)18-20/h1-2,4-6H. The first-order chi connectivity index (χ1) is 9.99. The molecule has 0 amide bonds. The lowest BCUT2D eigenvalue weighted by atomic mass is 10.2. The van der Waals surface area contributed by atoms with Crippen molar-refractivity contribution in [3.8, 4) is 11.8 Å². The predicted molar refractivity (Wildman–Crippen MR) is 69.7 cm³/mol. The number of aromatic nitrogens is 3. The van der Waals surface area contributed by atoms with E-state index in [1.54, 1.807) is 6.07 Å². The van der Waals surface area contributed by atoms with Crippen LogP contribution in [0, 0.1) is 28.2 Å². The van der Waals surface area contributed by atoms with Gasteiger partial charge in [-0.05, 0) is 12.1 Å². The second kappa shape index (κ2) is 4.68. The lowest BCUT2D eigenvalue weighted by Crippen LogP contribution is -2.24. The summed E-state index contributed by atoms with van der Waals surface area (Å²) in [5.74, 6) is -1.47. The Bertz CT molecular complexity index is 917. The summed E-state index contributed by atoms with van der Waals surface area (Å²) in [6, 6.07) is 3.82. The van der Waals surface area contributed by atoms with E-state index in [1.807, 2.05) is 0 Å². The maximum Gasteiger partial charge on any atom is 0.218 e. The Kier molecular flexibility index (Phi) is 2.96. The monoisotopic (exact) mass is 306 g/mol. The van der Waals surface area contributed by atoms with Crippen molar-refractivity contribution >= 4 is 22.5 Å². The zero-order valence-corrected chi connectivity index (χ0v) is 11.0. The molecule has 0 unspecified atom stereocenters. The summed E-state index contributed by atoms with van der Waals surface area (Å²) in [6.07, 6.45) is 3.20. The minimum absolute atomic E-state index is 0.0465. The number of fused-ring (bicyclic) bond motifs is 1. The van der Waals surface area contributed by atoms with E-state index in [9.17, 15) is 14.0 Å². The number of halogens is 3. The summed E-state index contributed by atoms with van der Waals surface area (Å²) in [5.41, 5.74) is 0.0169. The fourth-order valence-corrected chi connectivity index (χ4v) is 2.31. The Hall–Kier alpha value is -2.72. The molecule has 2 aromatic heterocycles. The molecule has 0 fully saturated rings. The minimum Gasteiger partial charge on any atom is -0.619 e. The largest absolute Gasteiger partial charge is 0.619 e. The van der Waals surface area contributed by atoms with Crippen LogP contribution in [0.25, 0.3) is 16.6 Å². The van der Waals surface area contributed by atoms with E-state index >= 15 is 0 Å². The van der Waals surface area contributed by atoms with E-state index in [2.05, 4.69) is 5.10 Å². The number of hydrogen-bond donors (Lipinski definition) is 0. The van der Waals surface area contributed by atoms with Gasteiger partial charge in [0.2, 0.25) is 12.0 Å². The van der Waals surface area contributed by atoms with Crippen molar-refractivity contribution in [3.63, 3.8) is 0 Å². The van der Waals surface area contributed by atoms with Gasteiger partial charge >= 0.3 is 0 Å². The molecule has 0 N–H and O–H groups in total. The Morgan fingerprint density at radius 3 is 2.81 bits per heavy atom. The molecular formula is C13H5ClF2N4O. The molecule has 0 saturated heterocycles. The van der Waals surface area contributed by atoms with E-state index < -0.39 is 11.6 Å². The van der Waals surface area contributed by atoms with Gasteiger partial charge in [-0.15, -0.1) is 0 Å². The molecule has 0 bridgehead atoms. The molecule has 0 aliphatic carbocycles. The van der Waals surface area contributed by atoms with Crippen LogP contribution >= 0.6 is 11.6 Å². The summed E-state index contributed by atoms with van der Waals surface area (Å²) >= 11 is 5.93. The molecule has 8 heteroatoms. The highest BCUT2D eigenvalue weighted by Crippen LogP contribution is 2.27. The first kappa shape index (κ1) is 13.3. The lowest BCUT2D eigenvalue weighted by molar-refractivity contribution is -0.605. The average Bonchev–Trinajstić information content (AvgIpc) is 2.81. The van der Waals surface area contributed by atoms with Crippen LogP contribution in [0.2, 0.25) is 5.02 Å². The molecule has 3 rings (SSSR count). The average molecular weight is 307 g/mol. The molecule has 5 nitrogen and oxygen atoms in total. The highest BCUT2D eigenvalue weighted by Gasteiger charge is 2.17. The van der Waals surface area contributed by atoms with Crippen LogP contribution < -0.4 is 4.73 Å². The van der Waals surface area contributed by atoms with Crippen molar-refractivity contribution in [2.75, 3.05) is 0 Å². The van der Waals surface area contributed by atoms with Crippen LogP contribution in [0.5, 0.6) is 0 Å². The first-order valence-electron chi connectivity index (χ1n) is 5.67. The topological polar surface area (TPSA) is 68.5 Å². The molecule has 1 aromatic carbocycles. The molecule has 0 atom stereocenters. The van der Waals surface area contributed by atoms with E-state index in [0.717, 1.165) is 29.2 Å². The van der Waals surface area contributed by atoms with Gasteiger partial charge in [0.1, 0.15) is 23.1 Å². The van der Waals surface area contributed by atoms with Gasteiger partial charge < -0.3 is 5.21 Å². The van der Waals surface area contributed by atoms with E-state index in [4.69, 9.17) is 16.9 Å². The van der Waals surface area contributed by atoms with Gasteiger partial charge in [0, 0.05) is 6.20 Å². The van der Waals surface area contributed by atoms with Gasteiger partial charge in [0.05, 0.1) is 16.0 Å². The van der Waals surface area contributed by atoms with E-state index in [0.29, 0.717) is 4.73 Å². The van der Waals surface area contributed by atoms with Gasteiger partial charge in [-0.2, -0.15) is 19.5 Å². The number of hydrogen-bond acceptors (Lipinski definition) is 3. The van der Waals surface area contributed by atoms with Gasteiger partial charge in [-0.1, -0.05) is 11.6 Å². The maximum atomic E-state index is 13.7. The van der Waals surface area contributed by atoms with Crippen molar-refractivity contribution < 1.29 is 13.5 Å². The number of benzene rings is 1. The van der Waals surface area contributed by atoms with Crippen molar-refractivity contribution in [1.29, 1.82) is 5.26 Å². The Balaban J connectivity index is 2.32. The molecule has 104 valence electrons.